The van der Waals surface area contributed by atoms with Crippen LogP contribution < -0.4 is 10.1 Å². The molecule has 0 amide bonds. The summed E-state index contributed by atoms with van der Waals surface area (Å²) in [7, 11) is 3.27. The zero-order chi connectivity index (χ0) is 20.3. The lowest BCUT2D eigenvalue weighted by Gasteiger charge is -2.16. The molecule has 0 spiro atoms. The lowest BCUT2D eigenvalue weighted by atomic mass is 9.98. The van der Waals surface area contributed by atoms with Gasteiger partial charge in [-0.05, 0) is 57.7 Å². The van der Waals surface area contributed by atoms with Crippen molar-refractivity contribution in [2.45, 2.75) is 6.92 Å². The number of halogens is 2. The molecule has 1 aromatic heterocycles. The predicted molar refractivity (Wildman–Crippen MR) is 119 cm³/mol. The van der Waals surface area contributed by atoms with Crippen LogP contribution in [0, 0.1) is 6.92 Å². The molecule has 1 N–H and O–H groups in total. The number of anilines is 2. The van der Waals surface area contributed by atoms with Crippen molar-refractivity contribution in [2.24, 2.45) is 0 Å². The molecule has 0 aliphatic heterocycles. The summed E-state index contributed by atoms with van der Waals surface area (Å²) in [6.45, 7) is 5.95. The third-order valence-corrected chi connectivity index (χ3v) is 5.57. The van der Waals surface area contributed by atoms with Gasteiger partial charge in [0.25, 0.3) is 0 Å². The molecule has 0 radical (unpaired) electrons. The summed E-state index contributed by atoms with van der Waals surface area (Å²) in [6, 6.07) is 14.0. The van der Waals surface area contributed by atoms with E-state index in [1.165, 1.54) is 0 Å². The van der Waals surface area contributed by atoms with Crippen LogP contribution in [0.4, 0.5) is 11.5 Å². The van der Waals surface area contributed by atoms with E-state index in [1.54, 1.807) is 20.4 Å². The van der Waals surface area contributed by atoms with Gasteiger partial charge < -0.3 is 14.8 Å². The number of hydrogen-bond acceptors (Lipinski definition) is 4. The summed E-state index contributed by atoms with van der Waals surface area (Å²) in [6.07, 6.45) is 1.59. The number of methoxy groups -OCH3 is 2. The van der Waals surface area contributed by atoms with E-state index in [2.05, 4.69) is 39.7 Å². The van der Waals surface area contributed by atoms with E-state index >= 15 is 0 Å². The Labute approximate surface area is 178 Å². The van der Waals surface area contributed by atoms with E-state index in [1.807, 2.05) is 42.5 Å². The topological polar surface area (TPSA) is 43.4 Å². The van der Waals surface area contributed by atoms with Gasteiger partial charge in [0.15, 0.2) is 0 Å². The summed E-state index contributed by atoms with van der Waals surface area (Å²) in [5.74, 6) is 2.03. The molecule has 28 heavy (non-hydrogen) atoms. The zero-order valence-corrected chi connectivity index (χ0v) is 18.2. The van der Waals surface area contributed by atoms with Gasteiger partial charge in [-0.1, -0.05) is 42.4 Å². The van der Waals surface area contributed by atoms with E-state index < -0.39 is 0 Å². The van der Waals surface area contributed by atoms with Gasteiger partial charge in [-0.2, -0.15) is 0 Å². The summed E-state index contributed by atoms with van der Waals surface area (Å²) in [5.41, 5.74) is 5.06. The van der Waals surface area contributed by atoms with E-state index in [4.69, 9.17) is 21.1 Å². The molecule has 2 aromatic carbocycles. The number of aryl methyl sites for hydroxylation is 1. The van der Waals surface area contributed by atoms with Crippen LogP contribution in [0.5, 0.6) is 5.75 Å². The Bertz CT molecular complexity index is 1020. The maximum atomic E-state index is 6.02. The highest BCUT2D eigenvalue weighted by molar-refractivity contribution is 9.10. The molecule has 0 unspecified atom stereocenters. The first-order valence-electron chi connectivity index (χ1n) is 8.53. The first-order chi connectivity index (χ1) is 13.4. The minimum Gasteiger partial charge on any atom is -0.497 e. The smallest absolute Gasteiger partial charge is 0.142 e. The fraction of sp³-hybridized carbons (Fsp3) is 0.136. The maximum absolute atomic E-state index is 6.02. The highest BCUT2D eigenvalue weighted by atomic mass is 79.9. The van der Waals surface area contributed by atoms with Crippen LogP contribution in [0.2, 0.25) is 5.02 Å². The molecule has 3 aromatic rings. The van der Waals surface area contributed by atoms with Gasteiger partial charge in [0.2, 0.25) is 0 Å². The Kier molecular flexibility index (Phi) is 6.27. The minimum absolute atomic E-state index is 0.559. The highest BCUT2D eigenvalue weighted by Crippen LogP contribution is 2.36. The number of ether oxygens (including phenoxy) is 2. The van der Waals surface area contributed by atoms with Gasteiger partial charge in [-0.15, -0.1) is 0 Å². The third-order valence-electron chi connectivity index (χ3n) is 4.38. The highest BCUT2D eigenvalue weighted by Gasteiger charge is 2.12. The Morgan fingerprint density at radius 3 is 2.46 bits per heavy atom. The molecule has 1 heterocycles. The van der Waals surface area contributed by atoms with Gasteiger partial charge in [-0.3, -0.25) is 0 Å². The summed E-state index contributed by atoms with van der Waals surface area (Å²) >= 11 is 9.44. The quantitative estimate of drug-likeness (QED) is 0.410. The van der Waals surface area contributed by atoms with E-state index in [-0.39, 0.29) is 0 Å². The maximum Gasteiger partial charge on any atom is 0.142 e. The Morgan fingerprint density at radius 2 is 1.86 bits per heavy atom. The van der Waals surface area contributed by atoms with Crippen molar-refractivity contribution in [3.63, 3.8) is 0 Å². The van der Waals surface area contributed by atoms with Gasteiger partial charge in [0.05, 0.1) is 24.9 Å². The Morgan fingerprint density at radius 1 is 1.14 bits per heavy atom. The average Bonchev–Trinajstić information content (AvgIpc) is 2.70. The van der Waals surface area contributed by atoms with Gasteiger partial charge in [-0.25, -0.2) is 4.98 Å². The lowest BCUT2D eigenvalue weighted by molar-refractivity contribution is 0.371. The molecule has 3 rings (SSSR count). The first-order valence-corrected chi connectivity index (χ1v) is 9.70. The van der Waals surface area contributed by atoms with Crippen LogP contribution in [0.1, 0.15) is 11.1 Å². The minimum atomic E-state index is 0.559. The van der Waals surface area contributed by atoms with E-state index in [0.717, 1.165) is 38.2 Å². The number of rotatable bonds is 6. The van der Waals surface area contributed by atoms with Crippen molar-refractivity contribution in [3.05, 3.63) is 75.9 Å². The molecule has 0 saturated heterocycles. The Balaban J connectivity index is 1.95. The van der Waals surface area contributed by atoms with Crippen molar-refractivity contribution < 1.29 is 9.47 Å². The van der Waals surface area contributed by atoms with Gasteiger partial charge in [0, 0.05) is 16.2 Å². The second kappa shape index (κ2) is 8.67. The van der Waals surface area contributed by atoms with Crippen molar-refractivity contribution >= 4 is 44.8 Å². The number of aromatic nitrogens is 1. The number of nitrogens with zero attached hydrogens (tertiary/aromatic N) is 1. The van der Waals surface area contributed by atoms with Crippen molar-refractivity contribution in [1.82, 2.24) is 4.98 Å². The molecule has 0 aliphatic rings. The lowest BCUT2D eigenvalue weighted by Crippen LogP contribution is -1.99. The zero-order valence-electron chi connectivity index (χ0n) is 15.8. The predicted octanol–water partition coefficient (Wildman–Crippen LogP) is 6.84. The summed E-state index contributed by atoms with van der Waals surface area (Å²) in [5, 5.41) is 3.85. The van der Waals surface area contributed by atoms with Crippen LogP contribution in [-0.4, -0.2) is 19.2 Å². The second-order valence-electron chi connectivity index (χ2n) is 6.18. The second-order valence-corrected chi connectivity index (χ2v) is 7.44. The fourth-order valence-corrected chi connectivity index (χ4v) is 3.26. The largest absolute Gasteiger partial charge is 0.497 e. The molecule has 0 bridgehead atoms. The molecule has 4 nitrogen and oxygen atoms in total. The molecule has 0 fully saturated rings. The molecule has 0 aliphatic carbocycles. The summed E-state index contributed by atoms with van der Waals surface area (Å²) < 4.78 is 11.6. The van der Waals surface area contributed by atoms with Crippen LogP contribution in [-0.2, 0) is 4.74 Å². The van der Waals surface area contributed by atoms with E-state index in [0.29, 0.717) is 16.6 Å². The molecule has 144 valence electrons. The van der Waals surface area contributed by atoms with Gasteiger partial charge >= 0.3 is 0 Å². The number of hydrogen-bond donors (Lipinski definition) is 1. The average molecular weight is 460 g/mol. The van der Waals surface area contributed by atoms with Crippen LogP contribution in [0.15, 0.2) is 59.7 Å². The van der Waals surface area contributed by atoms with Crippen molar-refractivity contribution in [2.75, 3.05) is 19.5 Å². The normalized spacial score (nSPS) is 10.5. The van der Waals surface area contributed by atoms with Crippen LogP contribution >= 0.6 is 27.5 Å². The molecular weight excluding hydrogens is 440 g/mol. The standard InChI is InChI=1S/C22H20BrClN2O2/c1-13-9-20(26-22-11-18(23)19(24)12-25-22)21(28-4)10-17(13)16-7-5-15(6-8-16)14(2)27-3/h5-12H,2H2,1,3-4H3,(H,25,26). The Hall–Kier alpha value is -2.50. The molecule has 0 saturated carbocycles. The monoisotopic (exact) mass is 458 g/mol. The number of benzene rings is 2. The first kappa shape index (κ1) is 20.2. The van der Waals surface area contributed by atoms with Crippen LogP contribution in [0.3, 0.4) is 0 Å². The third kappa shape index (κ3) is 4.32. The van der Waals surface area contributed by atoms with Gasteiger partial charge in [0.1, 0.15) is 17.3 Å². The molecule has 0 atom stereocenters. The fourth-order valence-electron chi connectivity index (χ4n) is 2.84. The number of nitrogens with one attached hydrogen (secondary N) is 1. The molecular formula is C22H20BrClN2O2. The van der Waals surface area contributed by atoms with Crippen molar-refractivity contribution in [3.8, 4) is 16.9 Å². The molecule has 6 heteroatoms. The number of pyridine rings is 1. The van der Waals surface area contributed by atoms with Crippen molar-refractivity contribution in [1.29, 1.82) is 0 Å². The summed E-state index contributed by atoms with van der Waals surface area (Å²) in [4.78, 5) is 4.31. The SMILES string of the molecule is C=C(OC)c1ccc(-c2cc(OC)c(Nc3cc(Br)c(Cl)cn3)cc2C)cc1. The van der Waals surface area contributed by atoms with Crippen LogP contribution in [0.25, 0.3) is 16.9 Å². The van der Waals surface area contributed by atoms with E-state index in [9.17, 15) is 0 Å².